The van der Waals surface area contributed by atoms with Crippen molar-refractivity contribution < 1.29 is 4.79 Å². The highest BCUT2D eigenvalue weighted by atomic mass is 16.1. The number of hydrogen-bond donors (Lipinski definition) is 3. The minimum atomic E-state index is -0.128. The number of nitrogens with one attached hydrogen (secondary N) is 2. The van der Waals surface area contributed by atoms with Crippen LogP contribution in [0.15, 0.2) is 42.6 Å². The normalized spacial score (nSPS) is 10.1. The number of nitrogens with two attached hydrogens (primary N) is 1. The molecule has 0 aliphatic heterocycles. The van der Waals surface area contributed by atoms with Gasteiger partial charge in [0.1, 0.15) is 5.82 Å². The number of hydrazine groups is 1. The second-order valence-corrected chi connectivity index (χ2v) is 4.57. The van der Waals surface area contributed by atoms with E-state index in [9.17, 15) is 4.79 Å². The largest absolute Gasteiger partial charge is 0.352 e. The maximum absolute atomic E-state index is 12.0. The van der Waals surface area contributed by atoms with Gasteiger partial charge >= 0.3 is 0 Å². The summed E-state index contributed by atoms with van der Waals surface area (Å²) in [6.07, 6.45) is 2.35. The first-order valence-electron chi connectivity index (χ1n) is 6.45. The molecule has 5 heteroatoms. The van der Waals surface area contributed by atoms with E-state index < -0.39 is 0 Å². The molecule has 0 unspecified atom stereocenters. The third kappa shape index (κ3) is 3.80. The second kappa shape index (κ2) is 6.68. The summed E-state index contributed by atoms with van der Waals surface area (Å²) in [4.78, 5) is 15.9. The van der Waals surface area contributed by atoms with Crippen molar-refractivity contribution in [2.24, 2.45) is 5.84 Å². The van der Waals surface area contributed by atoms with Crippen LogP contribution >= 0.6 is 0 Å². The minimum absolute atomic E-state index is 0.128. The molecular weight excluding hydrogens is 252 g/mol. The molecule has 1 heterocycles. The van der Waals surface area contributed by atoms with Crippen LogP contribution in [0.5, 0.6) is 0 Å². The molecule has 1 aromatic carbocycles. The van der Waals surface area contributed by atoms with Gasteiger partial charge in [-0.3, -0.25) is 4.79 Å². The first-order valence-corrected chi connectivity index (χ1v) is 6.45. The van der Waals surface area contributed by atoms with Gasteiger partial charge in [0.2, 0.25) is 0 Å². The van der Waals surface area contributed by atoms with Crippen LogP contribution in [0.1, 0.15) is 21.5 Å². The Bertz CT molecular complexity index is 598. The Balaban J connectivity index is 1.89. The predicted octanol–water partition coefficient (Wildman–Crippen LogP) is 1.65. The molecule has 0 atom stereocenters. The molecule has 0 aliphatic rings. The summed E-state index contributed by atoms with van der Waals surface area (Å²) >= 11 is 0. The predicted molar refractivity (Wildman–Crippen MR) is 79.3 cm³/mol. The summed E-state index contributed by atoms with van der Waals surface area (Å²) in [6.45, 7) is 2.65. The molecule has 5 nitrogen and oxygen atoms in total. The van der Waals surface area contributed by atoms with E-state index in [0.29, 0.717) is 17.9 Å². The highest BCUT2D eigenvalue weighted by Gasteiger charge is 2.06. The molecule has 4 N–H and O–H groups in total. The lowest BCUT2D eigenvalue weighted by Gasteiger charge is -2.07. The van der Waals surface area contributed by atoms with Crippen molar-refractivity contribution >= 4 is 11.7 Å². The fourth-order valence-corrected chi connectivity index (χ4v) is 1.94. The van der Waals surface area contributed by atoms with E-state index in [2.05, 4.69) is 40.8 Å². The zero-order valence-electron chi connectivity index (χ0n) is 11.4. The number of pyridine rings is 1. The quantitative estimate of drug-likeness (QED) is 0.570. The molecule has 1 amide bonds. The summed E-state index contributed by atoms with van der Waals surface area (Å²) in [5, 5.41) is 2.88. The Labute approximate surface area is 118 Å². The van der Waals surface area contributed by atoms with E-state index in [4.69, 9.17) is 5.84 Å². The topological polar surface area (TPSA) is 80.0 Å². The van der Waals surface area contributed by atoms with Crippen molar-refractivity contribution in [1.29, 1.82) is 0 Å². The number of benzene rings is 1. The SMILES string of the molecule is Cc1cccc(CCNC(=O)c2ccnc(NN)c2)c1. The lowest BCUT2D eigenvalue weighted by molar-refractivity contribution is 0.0954. The monoisotopic (exact) mass is 270 g/mol. The van der Waals surface area contributed by atoms with Crippen LogP contribution in [0.3, 0.4) is 0 Å². The molecule has 2 rings (SSSR count). The number of rotatable bonds is 5. The van der Waals surface area contributed by atoms with E-state index in [1.165, 1.54) is 11.1 Å². The van der Waals surface area contributed by atoms with Gasteiger partial charge in [0.05, 0.1) is 0 Å². The van der Waals surface area contributed by atoms with E-state index in [1.54, 1.807) is 18.3 Å². The van der Waals surface area contributed by atoms with Gasteiger partial charge in [0, 0.05) is 18.3 Å². The van der Waals surface area contributed by atoms with Crippen molar-refractivity contribution in [1.82, 2.24) is 10.3 Å². The number of anilines is 1. The summed E-state index contributed by atoms with van der Waals surface area (Å²) in [5.74, 6) is 5.61. The molecular formula is C15H18N4O. The molecule has 0 saturated carbocycles. The molecule has 0 aliphatic carbocycles. The summed E-state index contributed by atoms with van der Waals surface area (Å²) in [6, 6.07) is 11.5. The molecule has 104 valence electrons. The highest BCUT2D eigenvalue weighted by molar-refractivity contribution is 5.94. The molecule has 0 bridgehead atoms. The van der Waals surface area contributed by atoms with Crippen molar-refractivity contribution in [2.75, 3.05) is 12.0 Å². The molecule has 0 radical (unpaired) electrons. The smallest absolute Gasteiger partial charge is 0.251 e. The Hall–Kier alpha value is -2.40. The molecule has 0 fully saturated rings. The van der Waals surface area contributed by atoms with Crippen LogP contribution in [0, 0.1) is 6.92 Å². The lowest BCUT2D eigenvalue weighted by Crippen LogP contribution is -2.26. The third-order valence-electron chi connectivity index (χ3n) is 2.95. The van der Waals surface area contributed by atoms with E-state index in [0.717, 1.165) is 6.42 Å². The van der Waals surface area contributed by atoms with Crippen LogP contribution in [0.25, 0.3) is 0 Å². The van der Waals surface area contributed by atoms with Crippen LogP contribution in [0.4, 0.5) is 5.82 Å². The molecule has 1 aromatic heterocycles. The van der Waals surface area contributed by atoms with Gasteiger partial charge in [-0.15, -0.1) is 0 Å². The number of carbonyl (C=O) groups excluding carboxylic acids is 1. The second-order valence-electron chi connectivity index (χ2n) is 4.57. The Morgan fingerprint density at radius 2 is 2.15 bits per heavy atom. The van der Waals surface area contributed by atoms with Crippen molar-refractivity contribution in [2.45, 2.75) is 13.3 Å². The summed E-state index contributed by atoms with van der Waals surface area (Å²) in [7, 11) is 0. The Morgan fingerprint density at radius 3 is 2.90 bits per heavy atom. The average Bonchev–Trinajstić information content (AvgIpc) is 2.47. The number of hydrogen-bond acceptors (Lipinski definition) is 4. The first-order chi connectivity index (χ1) is 9.69. The zero-order chi connectivity index (χ0) is 14.4. The fourth-order valence-electron chi connectivity index (χ4n) is 1.94. The van der Waals surface area contributed by atoms with E-state index >= 15 is 0 Å². The molecule has 2 aromatic rings. The van der Waals surface area contributed by atoms with E-state index in [1.807, 2.05) is 6.07 Å². The first kappa shape index (κ1) is 14.0. The van der Waals surface area contributed by atoms with Gasteiger partial charge in [-0.05, 0) is 31.0 Å². The van der Waals surface area contributed by atoms with Crippen LogP contribution in [0.2, 0.25) is 0 Å². The number of nitrogen functional groups attached to an aromatic ring is 1. The maximum atomic E-state index is 12.0. The van der Waals surface area contributed by atoms with Crippen LogP contribution < -0.4 is 16.6 Å². The van der Waals surface area contributed by atoms with Gasteiger partial charge in [-0.2, -0.15) is 0 Å². The van der Waals surface area contributed by atoms with Gasteiger partial charge in [-0.1, -0.05) is 29.8 Å². The Morgan fingerprint density at radius 1 is 1.30 bits per heavy atom. The number of carbonyl (C=O) groups is 1. The molecule has 20 heavy (non-hydrogen) atoms. The molecule has 0 spiro atoms. The van der Waals surface area contributed by atoms with Crippen LogP contribution in [-0.2, 0) is 6.42 Å². The summed E-state index contributed by atoms with van der Waals surface area (Å²) < 4.78 is 0. The fraction of sp³-hybridized carbons (Fsp3) is 0.200. The van der Waals surface area contributed by atoms with Crippen LogP contribution in [-0.4, -0.2) is 17.4 Å². The Kier molecular flexibility index (Phi) is 4.68. The number of amides is 1. The van der Waals surface area contributed by atoms with Crippen molar-refractivity contribution in [3.63, 3.8) is 0 Å². The number of nitrogens with zero attached hydrogens (tertiary/aromatic N) is 1. The van der Waals surface area contributed by atoms with E-state index in [-0.39, 0.29) is 5.91 Å². The van der Waals surface area contributed by atoms with Crippen molar-refractivity contribution in [3.05, 3.63) is 59.3 Å². The van der Waals surface area contributed by atoms with Crippen molar-refractivity contribution in [3.8, 4) is 0 Å². The summed E-state index contributed by atoms with van der Waals surface area (Å²) in [5.41, 5.74) is 5.39. The minimum Gasteiger partial charge on any atom is -0.352 e. The maximum Gasteiger partial charge on any atom is 0.251 e. The highest BCUT2D eigenvalue weighted by Crippen LogP contribution is 2.06. The number of aromatic nitrogens is 1. The lowest BCUT2D eigenvalue weighted by atomic mass is 10.1. The van der Waals surface area contributed by atoms with Gasteiger partial charge in [-0.25, -0.2) is 10.8 Å². The molecule has 0 saturated heterocycles. The third-order valence-corrected chi connectivity index (χ3v) is 2.95. The van der Waals surface area contributed by atoms with Gasteiger partial charge < -0.3 is 10.7 Å². The number of aryl methyl sites for hydroxylation is 1. The average molecular weight is 270 g/mol. The van der Waals surface area contributed by atoms with Gasteiger partial charge in [0.15, 0.2) is 0 Å². The standard InChI is InChI=1S/C15H18N4O/c1-11-3-2-4-12(9-11)5-7-18-15(20)13-6-8-17-14(10-13)19-16/h2-4,6,8-10H,5,7,16H2,1H3,(H,17,19)(H,18,20). The zero-order valence-corrected chi connectivity index (χ0v) is 11.4. The van der Waals surface area contributed by atoms with Gasteiger partial charge in [0.25, 0.3) is 5.91 Å².